The number of rotatable bonds is 7. The highest BCUT2D eigenvalue weighted by atomic mass is 127. The Morgan fingerprint density at radius 3 is 2.95 bits per heavy atom. The molecule has 0 aliphatic heterocycles. The van der Waals surface area contributed by atoms with E-state index in [0.717, 1.165) is 17.9 Å². The molecule has 2 aromatic rings. The van der Waals surface area contributed by atoms with E-state index in [-0.39, 0.29) is 0 Å². The summed E-state index contributed by atoms with van der Waals surface area (Å²) < 4.78 is 13.7. The van der Waals surface area contributed by atoms with Gasteiger partial charge in [0, 0.05) is 35.2 Å². The first kappa shape index (κ1) is 14.5. The molecule has 0 unspecified atom stereocenters. The Hall–Kier alpha value is -0.920. The van der Waals surface area contributed by atoms with Crippen molar-refractivity contribution in [2.45, 2.75) is 6.54 Å². The number of hydrogen-bond acceptors (Lipinski definition) is 3. The molecular formula is C14H17IN2O2. The zero-order chi connectivity index (χ0) is 13.5. The lowest BCUT2D eigenvalue weighted by Crippen LogP contribution is -2.09. The van der Waals surface area contributed by atoms with E-state index >= 15 is 0 Å². The molecule has 5 heteroatoms. The molecule has 0 fully saturated rings. The largest absolute Gasteiger partial charge is 0.382 e. The minimum Gasteiger partial charge on any atom is -0.382 e. The van der Waals surface area contributed by atoms with Crippen LogP contribution in [-0.4, -0.2) is 36.5 Å². The number of imidazole rings is 1. The molecule has 0 N–H and O–H groups in total. The van der Waals surface area contributed by atoms with Crippen molar-refractivity contribution in [3.8, 4) is 11.4 Å². The SMILES string of the molecule is COCCOCCn1ccnc1-c1cccc(I)c1. The van der Waals surface area contributed by atoms with Crippen LogP contribution < -0.4 is 0 Å². The molecule has 19 heavy (non-hydrogen) atoms. The number of ether oxygens (including phenoxy) is 2. The van der Waals surface area contributed by atoms with Gasteiger partial charge in [0.25, 0.3) is 0 Å². The van der Waals surface area contributed by atoms with E-state index in [1.54, 1.807) is 7.11 Å². The molecule has 1 aromatic carbocycles. The summed E-state index contributed by atoms with van der Waals surface area (Å²) in [6.07, 6.45) is 3.80. The van der Waals surface area contributed by atoms with Crippen LogP contribution in [0.1, 0.15) is 0 Å². The van der Waals surface area contributed by atoms with E-state index in [9.17, 15) is 0 Å². The summed E-state index contributed by atoms with van der Waals surface area (Å²) in [5.74, 6) is 0.980. The number of aromatic nitrogens is 2. The van der Waals surface area contributed by atoms with Gasteiger partial charge in [-0.1, -0.05) is 12.1 Å². The van der Waals surface area contributed by atoms with Gasteiger partial charge >= 0.3 is 0 Å². The molecule has 4 nitrogen and oxygen atoms in total. The Morgan fingerprint density at radius 2 is 2.16 bits per heavy atom. The molecule has 0 amide bonds. The van der Waals surface area contributed by atoms with Crippen LogP contribution in [0, 0.1) is 3.57 Å². The second-order valence-electron chi connectivity index (χ2n) is 4.06. The number of halogens is 1. The maximum Gasteiger partial charge on any atom is 0.139 e. The lowest BCUT2D eigenvalue weighted by atomic mass is 10.2. The van der Waals surface area contributed by atoms with Gasteiger partial charge in [0.2, 0.25) is 0 Å². The predicted octanol–water partition coefficient (Wildman–Crippen LogP) is 2.82. The molecule has 0 radical (unpaired) electrons. The van der Waals surface area contributed by atoms with E-state index in [1.165, 1.54) is 3.57 Å². The van der Waals surface area contributed by atoms with Crippen molar-refractivity contribution >= 4 is 22.6 Å². The van der Waals surface area contributed by atoms with Gasteiger partial charge in [-0.05, 0) is 34.7 Å². The predicted molar refractivity (Wildman–Crippen MR) is 83.1 cm³/mol. The van der Waals surface area contributed by atoms with E-state index in [2.05, 4.69) is 50.3 Å². The fourth-order valence-corrected chi connectivity index (χ4v) is 2.33. The van der Waals surface area contributed by atoms with Crippen LogP contribution in [0.15, 0.2) is 36.7 Å². The summed E-state index contributed by atoms with van der Waals surface area (Å²) >= 11 is 2.31. The molecule has 0 bridgehead atoms. The third kappa shape index (κ3) is 4.29. The second-order valence-corrected chi connectivity index (χ2v) is 5.31. The lowest BCUT2D eigenvalue weighted by Gasteiger charge is -2.09. The number of nitrogens with zero attached hydrogens (tertiary/aromatic N) is 2. The molecular weight excluding hydrogens is 355 g/mol. The molecule has 0 aliphatic rings. The van der Waals surface area contributed by atoms with Crippen LogP contribution in [0.3, 0.4) is 0 Å². The lowest BCUT2D eigenvalue weighted by molar-refractivity contribution is 0.0667. The first-order valence-electron chi connectivity index (χ1n) is 6.15. The van der Waals surface area contributed by atoms with E-state index in [1.807, 2.05) is 18.5 Å². The van der Waals surface area contributed by atoms with Crippen molar-refractivity contribution in [2.24, 2.45) is 0 Å². The molecule has 102 valence electrons. The van der Waals surface area contributed by atoms with Gasteiger partial charge in [0.05, 0.1) is 19.8 Å². The van der Waals surface area contributed by atoms with Crippen molar-refractivity contribution in [1.82, 2.24) is 9.55 Å². The van der Waals surface area contributed by atoms with Crippen LogP contribution in [0.4, 0.5) is 0 Å². The summed E-state index contributed by atoms with van der Waals surface area (Å²) in [4.78, 5) is 4.42. The Balaban J connectivity index is 1.98. The highest BCUT2D eigenvalue weighted by Gasteiger charge is 2.05. The van der Waals surface area contributed by atoms with Crippen molar-refractivity contribution in [1.29, 1.82) is 0 Å². The first-order valence-corrected chi connectivity index (χ1v) is 7.23. The van der Waals surface area contributed by atoms with Crippen LogP contribution in [0.2, 0.25) is 0 Å². The third-order valence-electron chi connectivity index (χ3n) is 2.71. The van der Waals surface area contributed by atoms with Crippen LogP contribution >= 0.6 is 22.6 Å². The van der Waals surface area contributed by atoms with Gasteiger partial charge in [-0.15, -0.1) is 0 Å². The highest BCUT2D eigenvalue weighted by molar-refractivity contribution is 14.1. The zero-order valence-electron chi connectivity index (χ0n) is 10.9. The maximum absolute atomic E-state index is 5.49. The molecule has 2 rings (SSSR count). The maximum atomic E-state index is 5.49. The van der Waals surface area contributed by atoms with E-state index in [0.29, 0.717) is 19.8 Å². The molecule has 0 spiro atoms. The number of benzene rings is 1. The molecule has 1 aromatic heterocycles. The topological polar surface area (TPSA) is 36.3 Å². The number of hydrogen-bond donors (Lipinski definition) is 0. The Kier molecular flexibility index (Phi) is 5.81. The van der Waals surface area contributed by atoms with Gasteiger partial charge < -0.3 is 14.0 Å². The van der Waals surface area contributed by atoms with Crippen molar-refractivity contribution in [2.75, 3.05) is 26.9 Å². The van der Waals surface area contributed by atoms with Crippen LogP contribution in [-0.2, 0) is 16.0 Å². The van der Waals surface area contributed by atoms with Crippen LogP contribution in [0.5, 0.6) is 0 Å². The van der Waals surface area contributed by atoms with Crippen molar-refractivity contribution in [3.05, 3.63) is 40.2 Å². The Bertz CT molecular complexity index is 514. The summed E-state index contributed by atoms with van der Waals surface area (Å²) in [5.41, 5.74) is 1.13. The van der Waals surface area contributed by atoms with Gasteiger partial charge in [0.1, 0.15) is 5.82 Å². The average molecular weight is 372 g/mol. The van der Waals surface area contributed by atoms with Crippen molar-refractivity contribution in [3.63, 3.8) is 0 Å². The summed E-state index contributed by atoms with van der Waals surface area (Å²) in [7, 11) is 1.67. The minimum absolute atomic E-state index is 0.629. The summed E-state index contributed by atoms with van der Waals surface area (Å²) in [5, 5.41) is 0. The zero-order valence-corrected chi connectivity index (χ0v) is 13.0. The quantitative estimate of drug-likeness (QED) is 0.554. The third-order valence-corrected chi connectivity index (χ3v) is 3.38. The van der Waals surface area contributed by atoms with Crippen LogP contribution in [0.25, 0.3) is 11.4 Å². The Labute approximate surface area is 126 Å². The van der Waals surface area contributed by atoms with Gasteiger partial charge in [-0.3, -0.25) is 0 Å². The highest BCUT2D eigenvalue weighted by Crippen LogP contribution is 2.19. The summed E-state index contributed by atoms with van der Waals surface area (Å²) in [6, 6.07) is 8.33. The fourth-order valence-electron chi connectivity index (χ4n) is 1.78. The second kappa shape index (κ2) is 7.62. The number of methoxy groups -OCH3 is 1. The summed E-state index contributed by atoms with van der Waals surface area (Å²) in [6.45, 7) is 2.72. The molecule has 0 saturated heterocycles. The monoisotopic (exact) mass is 372 g/mol. The molecule has 0 aliphatic carbocycles. The van der Waals surface area contributed by atoms with E-state index in [4.69, 9.17) is 9.47 Å². The average Bonchev–Trinajstić information content (AvgIpc) is 2.87. The van der Waals surface area contributed by atoms with Gasteiger partial charge in [-0.25, -0.2) is 4.98 Å². The van der Waals surface area contributed by atoms with Crippen molar-refractivity contribution < 1.29 is 9.47 Å². The molecule has 0 atom stereocenters. The minimum atomic E-state index is 0.629. The molecule has 0 saturated carbocycles. The normalized spacial score (nSPS) is 10.8. The van der Waals surface area contributed by atoms with E-state index < -0.39 is 0 Å². The fraction of sp³-hybridized carbons (Fsp3) is 0.357. The van der Waals surface area contributed by atoms with Gasteiger partial charge in [0.15, 0.2) is 0 Å². The first-order chi connectivity index (χ1) is 9.31. The Morgan fingerprint density at radius 1 is 1.26 bits per heavy atom. The molecule has 1 heterocycles. The standard InChI is InChI=1S/C14H17IN2O2/c1-18-9-10-19-8-7-17-6-5-16-14(17)12-3-2-4-13(15)11-12/h2-6,11H,7-10H2,1H3. The van der Waals surface area contributed by atoms with Gasteiger partial charge in [-0.2, -0.15) is 0 Å². The smallest absolute Gasteiger partial charge is 0.139 e.